The molecule has 2 aromatic rings. The maximum Gasteiger partial charge on any atom is 0.490 e. The predicted molar refractivity (Wildman–Crippen MR) is 157 cm³/mol. The van der Waals surface area contributed by atoms with Gasteiger partial charge < -0.3 is 20.8 Å². The van der Waals surface area contributed by atoms with Gasteiger partial charge in [0.25, 0.3) is 0 Å². The number of benzene rings is 2. The van der Waals surface area contributed by atoms with Crippen molar-refractivity contribution >= 4 is 46.5 Å². The molecule has 14 heteroatoms. The molecule has 4 atom stereocenters. The molecule has 3 aliphatic rings. The fourth-order valence-corrected chi connectivity index (χ4v) is 7.30. The Bertz CT molecular complexity index is 1520. The van der Waals surface area contributed by atoms with E-state index in [0.717, 1.165) is 0 Å². The quantitative estimate of drug-likeness (QED) is 0.259. The predicted octanol–water partition coefficient (Wildman–Crippen LogP) is 6.78. The van der Waals surface area contributed by atoms with E-state index in [1.165, 1.54) is 18.2 Å². The SMILES string of the molecule is CC(C)(C)C[C@@H]1N[C@@H](C(=O)CC2CC(C)(O)C2)[C@H](c2cccc(Cl)c2F)[C@]12C(=O)Nc1cc(Cl)c(F)cc12.O=C(O)C(F)(F)F. The summed E-state index contributed by atoms with van der Waals surface area (Å²) in [7, 11) is 0. The normalized spacial score (nSPS) is 29.0. The van der Waals surface area contributed by atoms with Crippen LogP contribution in [0.3, 0.4) is 0 Å². The number of hydrogen-bond acceptors (Lipinski definition) is 5. The molecule has 0 bridgehead atoms. The second kappa shape index (κ2) is 12.1. The molecule has 2 fully saturated rings. The molecule has 1 spiro atoms. The topological polar surface area (TPSA) is 116 Å². The molecule has 0 aromatic heterocycles. The van der Waals surface area contributed by atoms with Gasteiger partial charge in [-0.2, -0.15) is 13.2 Å². The van der Waals surface area contributed by atoms with Crippen LogP contribution in [0.25, 0.3) is 0 Å². The van der Waals surface area contributed by atoms with Crippen LogP contribution in [0.2, 0.25) is 10.0 Å². The zero-order valence-electron chi connectivity index (χ0n) is 24.8. The van der Waals surface area contributed by atoms with E-state index >= 15 is 4.39 Å². The Kier molecular flexibility index (Phi) is 9.42. The van der Waals surface area contributed by atoms with Crippen molar-refractivity contribution in [2.75, 3.05) is 5.32 Å². The summed E-state index contributed by atoms with van der Waals surface area (Å²) in [6.07, 6.45) is -3.48. The Morgan fingerprint density at radius 1 is 1.07 bits per heavy atom. The molecule has 2 aromatic carbocycles. The summed E-state index contributed by atoms with van der Waals surface area (Å²) in [6, 6.07) is 5.59. The Morgan fingerprint density at radius 2 is 1.67 bits per heavy atom. The maximum atomic E-state index is 15.7. The van der Waals surface area contributed by atoms with Gasteiger partial charge in [-0.05, 0) is 66.8 Å². The second-order valence-electron chi connectivity index (χ2n) is 13.5. The number of carboxylic acids is 1. The summed E-state index contributed by atoms with van der Waals surface area (Å²) in [5, 5.41) is 23.3. The first-order chi connectivity index (χ1) is 20.6. The summed E-state index contributed by atoms with van der Waals surface area (Å²) < 4.78 is 62.4. The van der Waals surface area contributed by atoms with E-state index in [-0.39, 0.29) is 39.1 Å². The van der Waals surface area contributed by atoms with Gasteiger partial charge >= 0.3 is 12.1 Å². The van der Waals surface area contributed by atoms with E-state index in [1.807, 2.05) is 20.8 Å². The highest BCUT2D eigenvalue weighted by Crippen LogP contribution is 2.58. The number of Topliss-reactive ketones (excluding diaryl/α,β-unsaturated/α-hetero) is 1. The first-order valence-corrected chi connectivity index (χ1v) is 14.9. The third-order valence-corrected chi connectivity index (χ3v) is 9.13. The summed E-state index contributed by atoms with van der Waals surface area (Å²) in [5.74, 6) is -5.80. The van der Waals surface area contributed by atoms with Gasteiger partial charge in [-0.15, -0.1) is 0 Å². The van der Waals surface area contributed by atoms with Gasteiger partial charge in [0.05, 0.1) is 21.7 Å². The second-order valence-corrected chi connectivity index (χ2v) is 14.3. The standard InChI is InChI=1S/C29H32Cl2F2N2O3.C2HF3O2/c1-27(2,3)13-22-29(16-9-19(32)18(31)10-20(16)34-26(29)37)23(15-6-5-7-17(30)24(15)33)25(35-22)21(36)8-14-11-28(4,38)12-14;3-2(4,5)1(6)7/h5-7,9-10,14,22-23,25,35,38H,8,11-13H2,1-4H3,(H,34,37);(H,6,7)/t14?,22-,23-,25-,28?,29+;/m0./s1. The van der Waals surface area contributed by atoms with Crippen molar-refractivity contribution in [1.82, 2.24) is 5.32 Å². The molecule has 7 nitrogen and oxygen atoms in total. The highest BCUT2D eigenvalue weighted by molar-refractivity contribution is 6.31. The Labute approximate surface area is 266 Å². The molecule has 1 amide bonds. The number of anilines is 1. The number of rotatable bonds is 5. The van der Waals surface area contributed by atoms with E-state index in [4.69, 9.17) is 33.1 Å². The number of ketones is 1. The number of fused-ring (bicyclic) bond motifs is 2. The molecule has 2 aliphatic heterocycles. The van der Waals surface area contributed by atoms with Gasteiger partial charge in [0.2, 0.25) is 5.91 Å². The zero-order valence-corrected chi connectivity index (χ0v) is 26.3. The van der Waals surface area contributed by atoms with Gasteiger partial charge in [-0.3, -0.25) is 9.59 Å². The minimum atomic E-state index is -5.08. The van der Waals surface area contributed by atoms with Crippen LogP contribution < -0.4 is 10.6 Å². The van der Waals surface area contributed by atoms with Crippen molar-refractivity contribution in [1.29, 1.82) is 0 Å². The van der Waals surface area contributed by atoms with Crippen LogP contribution in [0, 0.1) is 23.0 Å². The molecular formula is C31H33Cl2F5N2O5. The average Bonchev–Trinajstić information content (AvgIpc) is 3.34. The average molecular weight is 680 g/mol. The molecule has 5 rings (SSSR count). The van der Waals surface area contributed by atoms with Crippen molar-refractivity contribution in [3.8, 4) is 0 Å². The van der Waals surface area contributed by atoms with Crippen LogP contribution in [0.4, 0.5) is 27.6 Å². The number of alkyl halides is 3. The molecule has 1 aliphatic carbocycles. The number of amides is 1. The fraction of sp³-hybridized carbons (Fsp3) is 0.516. The Balaban J connectivity index is 0.000000591. The van der Waals surface area contributed by atoms with Crippen LogP contribution in [0.15, 0.2) is 30.3 Å². The Morgan fingerprint density at radius 3 is 2.20 bits per heavy atom. The third kappa shape index (κ3) is 6.84. The minimum absolute atomic E-state index is 0.0114. The van der Waals surface area contributed by atoms with Crippen molar-refractivity contribution in [3.05, 3.63) is 63.1 Å². The van der Waals surface area contributed by atoms with Crippen molar-refractivity contribution < 1.29 is 46.5 Å². The third-order valence-electron chi connectivity index (χ3n) is 8.55. The van der Waals surface area contributed by atoms with Gasteiger partial charge in [0, 0.05) is 24.1 Å². The number of aliphatic carboxylic acids is 1. The van der Waals surface area contributed by atoms with Crippen molar-refractivity contribution in [3.63, 3.8) is 0 Å². The lowest BCUT2D eigenvalue weighted by Crippen LogP contribution is -2.49. The summed E-state index contributed by atoms with van der Waals surface area (Å²) in [6.45, 7) is 7.78. The van der Waals surface area contributed by atoms with Crippen LogP contribution in [0.5, 0.6) is 0 Å². The van der Waals surface area contributed by atoms with Crippen LogP contribution in [0.1, 0.15) is 70.4 Å². The molecule has 0 radical (unpaired) electrons. The molecule has 45 heavy (non-hydrogen) atoms. The first kappa shape index (κ1) is 35.1. The lowest BCUT2D eigenvalue weighted by Gasteiger charge is -2.41. The van der Waals surface area contributed by atoms with E-state index in [1.54, 1.807) is 19.1 Å². The number of halogens is 7. The van der Waals surface area contributed by atoms with Crippen LogP contribution in [-0.2, 0) is 19.8 Å². The Hall–Kier alpha value is -2.80. The number of hydrogen-bond donors (Lipinski definition) is 4. The summed E-state index contributed by atoms with van der Waals surface area (Å²) >= 11 is 12.3. The van der Waals surface area contributed by atoms with E-state index in [9.17, 15) is 32.3 Å². The lowest BCUT2D eigenvalue weighted by molar-refractivity contribution is -0.192. The van der Waals surface area contributed by atoms with Crippen molar-refractivity contribution in [2.24, 2.45) is 11.3 Å². The smallest absolute Gasteiger partial charge is 0.475 e. The highest BCUT2D eigenvalue weighted by Gasteiger charge is 2.66. The molecule has 1 saturated carbocycles. The van der Waals surface area contributed by atoms with Gasteiger partial charge in [-0.1, -0.05) is 56.1 Å². The van der Waals surface area contributed by atoms with Gasteiger partial charge in [0.1, 0.15) is 17.0 Å². The molecule has 4 N–H and O–H groups in total. The summed E-state index contributed by atoms with van der Waals surface area (Å²) in [5.41, 5.74) is -1.77. The van der Waals surface area contributed by atoms with Gasteiger partial charge in [0.15, 0.2) is 5.78 Å². The van der Waals surface area contributed by atoms with E-state index in [2.05, 4.69) is 10.6 Å². The van der Waals surface area contributed by atoms with E-state index < -0.39 is 58.7 Å². The first-order valence-electron chi connectivity index (χ1n) is 14.1. The molecular weight excluding hydrogens is 646 g/mol. The summed E-state index contributed by atoms with van der Waals surface area (Å²) in [4.78, 5) is 36.9. The zero-order chi connectivity index (χ0) is 33.9. The minimum Gasteiger partial charge on any atom is -0.475 e. The monoisotopic (exact) mass is 678 g/mol. The molecule has 1 saturated heterocycles. The maximum absolute atomic E-state index is 15.7. The van der Waals surface area contributed by atoms with Gasteiger partial charge in [-0.25, -0.2) is 13.6 Å². The highest BCUT2D eigenvalue weighted by atomic mass is 35.5. The fourth-order valence-electron chi connectivity index (χ4n) is 6.96. The molecule has 246 valence electrons. The molecule has 0 unspecified atom stereocenters. The van der Waals surface area contributed by atoms with Crippen LogP contribution >= 0.6 is 23.2 Å². The number of nitrogens with one attached hydrogen (secondary N) is 2. The van der Waals surface area contributed by atoms with Crippen molar-refractivity contribution in [2.45, 2.75) is 88.6 Å². The number of carbonyl (C=O) groups excluding carboxylic acids is 2. The number of aliphatic hydroxyl groups is 1. The number of carboxylic acid groups (broad SMARTS) is 1. The van der Waals surface area contributed by atoms with E-state index in [0.29, 0.717) is 30.5 Å². The number of carbonyl (C=O) groups is 3. The van der Waals surface area contributed by atoms with Crippen LogP contribution in [-0.4, -0.2) is 51.7 Å². The molecule has 2 heterocycles. The largest absolute Gasteiger partial charge is 0.490 e. The lowest BCUT2D eigenvalue weighted by atomic mass is 9.61.